The van der Waals surface area contributed by atoms with E-state index >= 15 is 0 Å². The quantitative estimate of drug-likeness (QED) is 0.824. The van der Waals surface area contributed by atoms with Crippen LogP contribution in [0.25, 0.3) is 0 Å². The van der Waals surface area contributed by atoms with E-state index in [1.54, 1.807) is 0 Å². The molecule has 0 bridgehead atoms. The fourth-order valence-electron chi connectivity index (χ4n) is 0.974. The summed E-state index contributed by atoms with van der Waals surface area (Å²) in [6.45, 7) is 1.87. The average Bonchev–Trinajstić information content (AvgIpc) is 2.15. The minimum absolute atomic E-state index is 0. The zero-order valence-electron chi connectivity index (χ0n) is 8.47. The van der Waals surface area contributed by atoms with Gasteiger partial charge < -0.3 is 16.4 Å². The first-order valence-corrected chi connectivity index (χ1v) is 4.46. The van der Waals surface area contributed by atoms with Crippen LogP contribution in [0.3, 0.4) is 0 Å². The zero-order chi connectivity index (χ0) is 10.2. The molecule has 1 heterocycles. The van der Waals surface area contributed by atoms with Crippen LogP contribution in [0.4, 0.5) is 0 Å². The Kier molecular flexibility index (Phi) is 8.87. The molecule has 1 fully saturated rings. The largest absolute Gasteiger partial charge is 0.480 e. The fraction of sp³-hybridized carbons (Fsp3) is 0.273. The Labute approximate surface area is 115 Å². The van der Waals surface area contributed by atoms with E-state index in [1.807, 2.05) is 41.7 Å². The molecule has 0 atom stereocenters. The molecule has 1 N–H and O–H groups in total. The van der Waals surface area contributed by atoms with Gasteiger partial charge in [0.2, 0.25) is 0 Å². The van der Waals surface area contributed by atoms with E-state index in [0.717, 1.165) is 13.1 Å². The number of hydrogen-bond acceptors (Lipinski definition) is 2. The van der Waals surface area contributed by atoms with Crippen molar-refractivity contribution in [3.63, 3.8) is 0 Å². The standard InChI is InChI=1S/C6H5.C5H8NO2.Y/c1-2-4-6-5-3-1;7-5(8)4-6-2-1-3-6;/h1-5H;1H,2-4H2,(H,7,8);/q2*-1;. The summed E-state index contributed by atoms with van der Waals surface area (Å²) >= 11 is 0. The Morgan fingerprint density at radius 2 is 1.93 bits per heavy atom. The molecule has 1 aliphatic rings. The molecule has 1 saturated heterocycles. The number of likely N-dealkylation sites (tertiary alicyclic amines) is 1. The molecular formula is C11H13NO2Y-2. The Bertz CT molecular complexity index is 236. The molecule has 1 aromatic carbocycles. The van der Waals surface area contributed by atoms with Crippen molar-refractivity contribution < 1.29 is 42.6 Å². The number of nitrogens with zero attached hydrogens (tertiary/aromatic N) is 1. The molecule has 0 aromatic heterocycles. The minimum Gasteiger partial charge on any atom is -0.480 e. The van der Waals surface area contributed by atoms with Crippen molar-refractivity contribution >= 4 is 5.97 Å². The van der Waals surface area contributed by atoms with Crippen LogP contribution >= 0.6 is 0 Å². The molecule has 2 rings (SSSR count). The van der Waals surface area contributed by atoms with E-state index in [0.29, 0.717) is 0 Å². The van der Waals surface area contributed by atoms with E-state index in [4.69, 9.17) is 5.11 Å². The predicted molar refractivity (Wildman–Crippen MR) is 53.7 cm³/mol. The Morgan fingerprint density at radius 3 is 2.07 bits per heavy atom. The number of benzene rings is 1. The van der Waals surface area contributed by atoms with Crippen molar-refractivity contribution in [3.8, 4) is 0 Å². The van der Waals surface area contributed by atoms with Gasteiger partial charge >= 0.3 is 5.97 Å². The maximum absolute atomic E-state index is 9.95. The number of carboxylic acids is 1. The van der Waals surface area contributed by atoms with E-state index in [-0.39, 0.29) is 39.3 Å². The molecule has 0 unspecified atom stereocenters. The maximum atomic E-state index is 9.95. The van der Waals surface area contributed by atoms with Gasteiger partial charge in [0.15, 0.2) is 0 Å². The first-order chi connectivity index (χ1) is 6.79. The summed E-state index contributed by atoms with van der Waals surface area (Å²) < 4.78 is 0. The van der Waals surface area contributed by atoms with E-state index in [9.17, 15) is 4.79 Å². The fourth-order valence-corrected chi connectivity index (χ4v) is 0.974. The van der Waals surface area contributed by atoms with Gasteiger partial charge in [-0.15, -0.1) is 13.1 Å². The number of carbonyl (C=O) groups is 1. The molecule has 0 spiro atoms. The molecule has 1 aliphatic heterocycles. The second kappa shape index (κ2) is 9.01. The average molecular weight is 280 g/mol. The summed E-state index contributed by atoms with van der Waals surface area (Å²) in [6.07, 6.45) is 2.04. The summed E-state index contributed by atoms with van der Waals surface area (Å²) in [7, 11) is 0. The summed E-state index contributed by atoms with van der Waals surface area (Å²) in [5.74, 6) is -0.738. The third kappa shape index (κ3) is 7.66. The third-order valence-corrected chi connectivity index (χ3v) is 1.74. The van der Waals surface area contributed by atoms with Crippen LogP contribution in [-0.4, -0.2) is 35.6 Å². The van der Waals surface area contributed by atoms with Gasteiger partial charge in [-0.3, -0.25) is 4.79 Å². The van der Waals surface area contributed by atoms with Gasteiger partial charge in [0.1, 0.15) is 0 Å². The third-order valence-electron chi connectivity index (χ3n) is 1.74. The van der Waals surface area contributed by atoms with Gasteiger partial charge in [-0.05, 0) is 0 Å². The normalized spacial score (nSPS) is 13.9. The maximum Gasteiger partial charge on any atom is 0.317 e. The van der Waals surface area contributed by atoms with Gasteiger partial charge in [0.25, 0.3) is 0 Å². The van der Waals surface area contributed by atoms with Crippen molar-refractivity contribution in [1.29, 1.82) is 0 Å². The van der Waals surface area contributed by atoms with Crippen LogP contribution in [0.15, 0.2) is 30.3 Å². The number of hydrogen-bond donors (Lipinski definition) is 1. The van der Waals surface area contributed by atoms with Crippen LogP contribution in [0, 0.1) is 12.5 Å². The first kappa shape index (κ1) is 14.8. The molecule has 0 aliphatic carbocycles. The van der Waals surface area contributed by atoms with Crippen LogP contribution in [0.5, 0.6) is 0 Å². The topological polar surface area (TPSA) is 40.5 Å². The molecule has 0 saturated carbocycles. The van der Waals surface area contributed by atoms with Gasteiger partial charge in [-0.25, -0.2) is 0 Å². The molecule has 3 nitrogen and oxygen atoms in total. The van der Waals surface area contributed by atoms with Crippen LogP contribution in [0.2, 0.25) is 0 Å². The van der Waals surface area contributed by atoms with Gasteiger partial charge in [0.05, 0.1) is 6.54 Å². The van der Waals surface area contributed by atoms with Crippen LogP contribution < -0.4 is 0 Å². The summed E-state index contributed by atoms with van der Waals surface area (Å²) in [5, 5.41) is 8.19. The Hall–Kier alpha value is -0.246. The molecule has 1 radical (unpaired) electrons. The van der Waals surface area contributed by atoms with Gasteiger partial charge in [0, 0.05) is 32.7 Å². The molecular weight excluding hydrogens is 267 g/mol. The second-order valence-corrected chi connectivity index (χ2v) is 2.95. The minimum atomic E-state index is -0.738. The monoisotopic (exact) mass is 280 g/mol. The smallest absolute Gasteiger partial charge is 0.317 e. The van der Waals surface area contributed by atoms with E-state index < -0.39 is 5.97 Å². The van der Waals surface area contributed by atoms with Gasteiger partial charge in [-0.1, -0.05) is 0 Å². The predicted octanol–water partition coefficient (Wildman–Crippen LogP) is 1.08. The van der Waals surface area contributed by atoms with Crippen LogP contribution in [0.1, 0.15) is 0 Å². The molecule has 0 amide bonds. The number of rotatable bonds is 2. The Balaban J connectivity index is 0.000000253. The molecule has 79 valence electrons. The molecule has 15 heavy (non-hydrogen) atoms. The number of aliphatic carboxylic acids is 1. The second-order valence-electron chi connectivity index (χ2n) is 2.95. The van der Waals surface area contributed by atoms with Crippen molar-refractivity contribution in [2.75, 3.05) is 19.6 Å². The summed E-state index contributed by atoms with van der Waals surface area (Å²) in [5.41, 5.74) is 0. The summed E-state index contributed by atoms with van der Waals surface area (Å²) in [4.78, 5) is 11.8. The SMILES string of the molecule is O=C(O)CN1C[CH-]C1.[Y].[c-]1ccccc1. The molecule has 1 aromatic rings. The zero-order valence-corrected chi connectivity index (χ0v) is 11.3. The van der Waals surface area contributed by atoms with Crippen molar-refractivity contribution in [1.82, 2.24) is 4.90 Å². The van der Waals surface area contributed by atoms with Crippen molar-refractivity contribution in [2.45, 2.75) is 0 Å². The molecule has 4 heteroatoms. The van der Waals surface area contributed by atoms with Gasteiger partial charge in [-0.2, -0.15) is 36.4 Å². The Morgan fingerprint density at radius 1 is 1.33 bits per heavy atom. The van der Waals surface area contributed by atoms with E-state index in [2.05, 4.69) is 6.07 Å². The first-order valence-electron chi connectivity index (χ1n) is 4.46. The summed E-state index contributed by atoms with van der Waals surface area (Å²) in [6, 6.07) is 12.5. The van der Waals surface area contributed by atoms with Crippen LogP contribution in [-0.2, 0) is 37.5 Å². The van der Waals surface area contributed by atoms with E-state index in [1.165, 1.54) is 0 Å². The van der Waals surface area contributed by atoms with Crippen molar-refractivity contribution in [2.24, 2.45) is 0 Å². The van der Waals surface area contributed by atoms with Crippen molar-refractivity contribution in [3.05, 3.63) is 42.8 Å². The number of carboxylic acid groups (broad SMARTS) is 1.